The van der Waals surface area contributed by atoms with E-state index in [1.807, 2.05) is 0 Å². The lowest BCUT2D eigenvalue weighted by Crippen LogP contribution is -2.59. The topological polar surface area (TPSA) is 21.3 Å². The number of hydrogen-bond acceptors (Lipinski definition) is 2. The first-order valence-electron chi connectivity index (χ1n) is 7.16. The first kappa shape index (κ1) is 11.0. The molecule has 2 heteroatoms. The number of hydrogen-bond donors (Lipinski definition) is 1. The number of nitrogens with one attached hydrogen (secondary N) is 1. The standard InChI is InChI=1S/C14H25NO/c1-11-3-2-6-14(10-11)13(9-12-4-5-12)15-7-8-16-14/h11-13,15H,2-10H2,1H3. The molecule has 2 aliphatic carbocycles. The molecular formula is C14H25NO. The van der Waals surface area contributed by atoms with Gasteiger partial charge in [-0.3, -0.25) is 0 Å². The van der Waals surface area contributed by atoms with Gasteiger partial charge in [0, 0.05) is 12.6 Å². The molecule has 0 aromatic rings. The molecule has 1 spiro atoms. The zero-order valence-electron chi connectivity index (χ0n) is 10.5. The van der Waals surface area contributed by atoms with E-state index in [1.54, 1.807) is 0 Å². The van der Waals surface area contributed by atoms with Gasteiger partial charge in [0.05, 0.1) is 12.2 Å². The SMILES string of the molecule is CC1CCCC2(C1)OCCNC2CC1CC1. The summed E-state index contributed by atoms with van der Waals surface area (Å²) in [5.41, 5.74) is 0.207. The van der Waals surface area contributed by atoms with Crippen LogP contribution in [0, 0.1) is 11.8 Å². The molecule has 0 bridgehead atoms. The van der Waals surface area contributed by atoms with E-state index in [0.717, 1.165) is 25.0 Å². The molecule has 3 atom stereocenters. The van der Waals surface area contributed by atoms with Crippen LogP contribution in [-0.2, 0) is 4.74 Å². The van der Waals surface area contributed by atoms with Crippen molar-refractivity contribution in [2.45, 2.75) is 63.5 Å². The van der Waals surface area contributed by atoms with Crippen molar-refractivity contribution in [2.24, 2.45) is 11.8 Å². The second kappa shape index (κ2) is 4.30. The molecule has 0 aromatic carbocycles. The Morgan fingerprint density at radius 2 is 2.19 bits per heavy atom. The minimum Gasteiger partial charge on any atom is -0.372 e. The fourth-order valence-electron chi connectivity index (χ4n) is 3.75. The molecule has 3 unspecified atom stereocenters. The van der Waals surface area contributed by atoms with Crippen LogP contribution in [0.3, 0.4) is 0 Å². The van der Waals surface area contributed by atoms with Crippen LogP contribution in [0.15, 0.2) is 0 Å². The van der Waals surface area contributed by atoms with Crippen molar-refractivity contribution in [1.29, 1.82) is 0 Å². The Kier molecular flexibility index (Phi) is 2.97. The summed E-state index contributed by atoms with van der Waals surface area (Å²) in [6.45, 7) is 4.38. The van der Waals surface area contributed by atoms with Crippen LogP contribution in [0.4, 0.5) is 0 Å². The van der Waals surface area contributed by atoms with E-state index in [0.29, 0.717) is 6.04 Å². The summed E-state index contributed by atoms with van der Waals surface area (Å²) < 4.78 is 6.26. The highest BCUT2D eigenvalue weighted by atomic mass is 16.5. The molecule has 0 radical (unpaired) electrons. The highest BCUT2D eigenvalue weighted by Gasteiger charge is 2.46. The van der Waals surface area contributed by atoms with Crippen LogP contribution in [0.1, 0.15) is 51.9 Å². The zero-order valence-corrected chi connectivity index (χ0v) is 10.5. The molecule has 0 aromatic heterocycles. The molecule has 16 heavy (non-hydrogen) atoms. The van der Waals surface area contributed by atoms with Gasteiger partial charge >= 0.3 is 0 Å². The number of rotatable bonds is 2. The molecular weight excluding hydrogens is 198 g/mol. The van der Waals surface area contributed by atoms with Gasteiger partial charge in [-0.15, -0.1) is 0 Å². The second-order valence-electron chi connectivity index (χ2n) is 6.30. The van der Waals surface area contributed by atoms with Crippen molar-refractivity contribution in [3.05, 3.63) is 0 Å². The van der Waals surface area contributed by atoms with Gasteiger partial charge in [0.2, 0.25) is 0 Å². The molecule has 3 rings (SSSR count). The van der Waals surface area contributed by atoms with Gasteiger partial charge < -0.3 is 10.1 Å². The van der Waals surface area contributed by atoms with Crippen LogP contribution in [0.2, 0.25) is 0 Å². The molecule has 3 fully saturated rings. The van der Waals surface area contributed by atoms with Crippen LogP contribution in [0.25, 0.3) is 0 Å². The molecule has 3 aliphatic rings. The van der Waals surface area contributed by atoms with Gasteiger partial charge in [0.1, 0.15) is 0 Å². The third-order valence-corrected chi connectivity index (χ3v) is 4.77. The summed E-state index contributed by atoms with van der Waals surface area (Å²) in [7, 11) is 0. The summed E-state index contributed by atoms with van der Waals surface area (Å²) in [6, 6.07) is 0.650. The molecule has 1 aliphatic heterocycles. The van der Waals surface area contributed by atoms with E-state index < -0.39 is 0 Å². The molecule has 2 saturated carbocycles. The normalized spacial score (nSPS) is 44.8. The average molecular weight is 223 g/mol. The van der Waals surface area contributed by atoms with Crippen LogP contribution in [-0.4, -0.2) is 24.8 Å². The highest BCUT2D eigenvalue weighted by molar-refractivity contribution is 5.01. The molecule has 1 saturated heterocycles. The van der Waals surface area contributed by atoms with E-state index in [9.17, 15) is 0 Å². The van der Waals surface area contributed by atoms with Gasteiger partial charge in [0.15, 0.2) is 0 Å². The van der Waals surface area contributed by atoms with Crippen molar-refractivity contribution in [1.82, 2.24) is 5.32 Å². The van der Waals surface area contributed by atoms with Gasteiger partial charge in [-0.05, 0) is 31.1 Å². The van der Waals surface area contributed by atoms with Crippen molar-refractivity contribution in [3.63, 3.8) is 0 Å². The van der Waals surface area contributed by atoms with Crippen LogP contribution in [0.5, 0.6) is 0 Å². The number of morpholine rings is 1. The predicted octanol–water partition coefficient (Wildman–Crippen LogP) is 2.72. The van der Waals surface area contributed by atoms with E-state index in [2.05, 4.69) is 12.2 Å². The number of ether oxygens (including phenoxy) is 1. The Balaban J connectivity index is 1.71. The van der Waals surface area contributed by atoms with Crippen molar-refractivity contribution >= 4 is 0 Å². The average Bonchev–Trinajstić information content (AvgIpc) is 3.06. The minimum absolute atomic E-state index is 0.207. The zero-order chi connectivity index (χ0) is 11.0. The third-order valence-electron chi connectivity index (χ3n) is 4.77. The fraction of sp³-hybridized carbons (Fsp3) is 1.00. The van der Waals surface area contributed by atoms with Crippen LogP contribution >= 0.6 is 0 Å². The Labute approximate surface area is 99.1 Å². The molecule has 2 nitrogen and oxygen atoms in total. The predicted molar refractivity (Wildman–Crippen MR) is 65.4 cm³/mol. The Morgan fingerprint density at radius 1 is 1.31 bits per heavy atom. The maximum Gasteiger partial charge on any atom is 0.0838 e. The van der Waals surface area contributed by atoms with Gasteiger partial charge in [0.25, 0.3) is 0 Å². The van der Waals surface area contributed by atoms with Crippen LogP contribution < -0.4 is 5.32 Å². The maximum atomic E-state index is 6.26. The summed E-state index contributed by atoms with van der Waals surface area (Å²) in [4.78, 5) is 0. The highest BCUT2D eigenvalue weighted by Crippen LogP contribution is 2.43. The van der Waals surface area contributed by atoms with Crippen molar-refractivity contribution < 1.29 is 4.74 Å². The monoisotopic (exact) mass is 223 g/mol. The first-order valence-corrected chi connectivity index (χ1v) is 7.16. The van der Waals surface area contributed by atoms with Gasteiger partial charge in [-0.2, -0.15) is 0 Å². The first-order chi connectivity index (χ1) is 7.78. The molecule has 1 N–H and O–H groups in total. The smallest absolute Gasteiger partial charge is 0.0838 e. The minimum atomic E-state index is 0.207. The van der Waals surface area contributed by atoms with E-state index >= 15 is 0 Å². The largest absolute Gasteiger partial charge is 0.372 e. The van der Waals surface area contributed by atoms with Gasteiger partial charge in [-0.1, -0.05) is 32.6 Å². The van der Waals surface area contributed by atoms with Crippen molar-refractivity contribution in [2.75, 3.05) is 13.2 Å². The lowest BCUT2D eigenvalue weighted by atomic mass is 9.72. The lowest BCUT2D eigenvalue weighted by Gasteiger charge is -2.48. The molecule has 92 valence electrons. The summed E-state index contributed by atoms with van der Waals surface area (Å²) >= 11 is 0. The Hall–Kier alpha value is -0.0800. The Bertz CT molecular complexity index is 247. The summed E-state index contributed by atoms with van der Waals surface area (Å²) in [6.07, 6.45) is 9.64. The molecule has 1 heterocycles. The maximum absolute atomic E-state index is 6.26. The summed E-state index contributed by atoms with van der Waals surface area (Å²) in [5.74, 6) is 1.86. The quantitative estimate of drug-likeness (QED) is 0.777. The summed E-state index contributed by atoms with van der Waals surface area (Å²) in [5, 5.41) is 3.75. The lowest BCUT2D eigenvalue weighted by molar-refractivity contribution is -0.129. The van der Waals surface area contributed by atoms with Crippen molar-refractivity contribution in [3.8, 4) is 0 Å². The van der Waals surface area contributed by atoms with E-state index in [1.165, 1.54) is 44.9 Å². The molecule has 0 amide bonds. The third kappa shape index (κ3) is 2.14. The fourth-order valence-corrected chi connectivity index (χ4v) is 3.75. The van der Waals surface area contributed by atoms with E-state index in [-0.39, 0.29) is 5.60 Å². The Morgan fingerprint density at radius 3 is 2.94 bits per heavy atom. The second-order valence-corrected chi connectivity index (χ2v) is 6.30. The van der Waals surface area contributed by atoms with E-state index in [4.69, 9.17) is 4.74 Å². The van der Waals surface area contributed by atoms with Gasteiger partial charge in [-0.25, -0.2) is 0 Å².